The van der Waals surface area contributed by atoms with E-state index < -0.39 is 0 Å². The van der Waals surface area contributed by atoms with Crippen LogP contribution in [0.15, 0.2) is 36.9 Å². The van der Waals surface area contributed by atoms with E-state index in [0.29, 0.717) is 37.7 Å². The van der Waals surface area contributed by atoms with Crippen LogP contribution >= 0.6 is 0 Å². The number of nitrogens with zero attached hydrogens (tertiary/aromatic N) is 6. The Bertz CT molecular complexity index is 1180. The number of rotatable bonds is 6. The van der Waals surface area contributed by atoms with Crippen LogP contribution in [0.2, 0.25) is 0 Å². The number of carbonyl (C=O) groups excluding carboxylic acids is 1. The molecule has 2 aromatic rings. The van der Waals surface area contributed by atoms with Crippen LogP contribution in [0.3, 0.4) is 0 Å². The number of anilines is 2. The quantitative estimate of drug-likeness (QED) is 0.547. The molecule has 0 radical (unpaired) electrons. The Kier molecular flexibility index (Phi) is 7.24. The molecule has 0 bridgehead atoms. The summed E-state index contributed by atoms with van der Waals surface area (Å²) in [4.78, 5) is 31.3. The lowest BCUT2D eigenvalue weighted by atomic mass is 9.88. The predicted molar refractivity (Wildman–Crippen MR) is 150 cm³/mol. The van der Waals surface area contributed by atoms with Gasteiger partial charge in [-0.2, -0.15) is 9.97 Å². The molecule has 6 rings (SSSR count). The number of likely N-dealkylation sites (tertiary alicyclic amines) is 1. The van der Waals surface area contributed by atoms with Crippen LogP contribution in [0.5, 0.6) is 6.01 Å². The first kappa shape index (κ1) is 25.2. The Labute approximate surface area is 226 Å². The first-order chi connectivity index (χ1) is 18.6. The van der Waals surface area contributed by atoms with Crippen molar-refractivity contribution in [2.45, 2.75) is 44.6 Å². The third kappa shape index (κ3) is 5.10. The highest BCUT2D eigenvalue weighted by atomic mass is 16.5. The topological polar surface area (TPSA) is 65.0 Å². The number of aryl methyl sites for hydroxylation is 1. The van der Waals surface area contributed by atoms with E-state index in [-0.39, 0.29) is 5.91 Å². The minimum Gasteiger partial charge on any atom is -0.463 e. The second-order valence-electron chi connectivity index (χ2n) is 11.3. The van der Waals surface area contributed by atoms with E-state index in [2.05, 4.69) is 52.6 Å². The molecule has 8 nitrogen and oxygen atoms in total. The predicted octanol–water partition coefficient (Wildman–Crippen LogP) is 2.95. The van der Waals surface area contributed by atoms with Gasteiger partial charge in [0.2, 0.25) is 5.91 Å². The molecule has 3 aliphatic heterocycles. The zero-order valence-corrected chi connectivity index (χ0v) is 22.6. The Morgan fingerprint density at radius 1 is 1.08 bits per heavy atom. The maximum atomic E-state index is 12.1. The fraction of sp³-hybridized carbons (Fsp3) is 0.567. The van der Waals surface area contributed by atoms with Crippen molar-refractivity contribution in [3.8, 4) is 6.01 Å². The highest BCUT2D eigenvalue weighted by Gasteiger charge is 2.33. The van der Waals surface area contributed by atoms with E-state index in [1.807, 2.05) is 4.90 Å². The molecule has 1 aromatic heterocycles. The van der Waals surface area contributed by atoms with Crippen molar-refractivity contribution < 1.29 is 9.53 Å². The van der Waals surface area contributed by atoms with Crippen LogP contribution < -0.4 is 14.5 Å². The van der Waals surface area contributed by atoms with Gasteiger partial charge in [0.1, 0.15) is 5.82 Å². The summed E-state index contributed by atoms with van der Waals surface area (Å²) in [5.74, 6) is 1.54. The number of fused-ring (bicyclic) bond motifs is 2. The van der Waals surface area contributed by atoms with E-state index in [4.69, 9.17) is 14.7 Å². The number of hydrogen-bond acceptors (Lipinski definition) is 7. The van der Waals surface area contributed by atoms with Gasteiger partial charge in [-0.05, 0) is 63.4 Å². The largest absolute Gasteiger partial charge is 0.463 e. The smallest absolute Gasteiger partial charge is 0.318 e. The average molecular weight is 517 g/mol. The van der Waals surface area contributed by atoms with Crippen molar-refractivity contribution in [3.63, 3.8) is 0 Å². The second-order valence-corrected chi connectivity index (χ2v) is 11.3. The van der Waals surface area contributed by atoms with Crippen molar-refractivity contribution in [1.29, 1.82) is 0 Å². The molecule has 38 heavy (non-hydrogen) atoms. The molecular weight excluding hydrogens is 476 g/mol. The maximum Gasteiger partial charge on any atom is 0.318 e. The van der Waals surface area contributed by atoms with Crippen LogP contribution in [0.1, 0.15) is 36.1 Å². The molecule has 4 heterocycles. The zero-order chi connectivity index (χ0) is 26.1. The summed E-state index contributed by atoms with van der Waals surface area (Å²) in [5.41, 5.74) is 5.26. The Morgan fingerprint density at radius 2 is 1.92 bits per heavy atom. The molecule has 2 atom stereocenters. The molecule has 0 N–H and O–H groups in total. The third-order valence-corrected chi connectivity index (χ3v) is 8.80. The highest BCUT2D eigenvalue weighted by molar-refractivity contribution is 5.87. The first-order valence-corrected chi connectivity index (χ1v) is 14.3. The highest BCUT2D eigenvalue weighted by Crippen LogP contribution is 2.36. The van der Waals surface area contributed by atoms with Gasteiger partial charge in [-0.25, -0.2) is 0 Å². The van der Waals surface area contributed by atoms with Gasteiger partial charge in [-0.3, -0.25) is 4.79 Å². The molecule has 202 valence electrons. The summed E-state index contributed by atoms with van der Waals surface area (Å²) >= 11 is 0. The number of benzene rings is 1. The molecular formula is C30H40N6O2. The summed E-state index contributed by atoms with van der Waals surface area (Å²) in [6.45, 7) is 10.5. The van der Waals surface area contributed by atoms with E-state index in [1.165, 1.54) is 29.3 Å². The number of piperazine rings is 1. The molecule has 8 heteroatoms. The minimum atomic E-state index is 0.00424. The Balaban J connectivity index is 1.25. The lowest BCUT2D eigenvalue weighted by molar-refractivity contribution is -0.126. The first-order valence-electron chi connectivity index (χ1n) is 14.3. The summed E-state index contributed by atoms with van der Waals surface area (Å²) in [6.07, 6.45) is 7.91. The van der Waals surface area contributed by atoms with Crippen molar-refractivity contribution in [2.24, 2.45) is 5.92 Å². The second kappa shape index (κ2) is 10.9. The van der Waals surface area contributed by atoms with Gasteiger partial charge < -0.3 is 24.3 Å². The van der Waals surface area contributed by atoms with Crippen molar-refractivity contribution in [3.05, 3.63) is 53.7 Å². The molecule has 1 aromatic carbocycles. The molecule has 0 spiro atoms. The standard InChI is InChI=1S/C30H40N6O2/c1-3-28(37)34-15-17-35(18-16-34)29-25-11-10-24(36-13-6-8-23-7-4-5-9-27(23)36)19-26(25)31-30(32-29)38-21-22-12-14-33(2)20-22/h3-5,7,9,22,24H,1,6,8,10-21H2,2H3. The number of amides is 1. The van der Waals surface area contributed by atoms with E-state index in [0.717, 1.165) is 76.3 Å². The van der Waals surface area contributed by atoms with Crippen molar-refractivity contribution in [1.82, 2.24) is 19.8 Å². The van der Waals surface area contributed by atoms with Gasteiger partial charge in [-0.1, -0.05) is 24.8 Å². The lowest BCUT2D eigenvalue weighted by Crippen LogP contribution is -2.49. The number of aromatic nitrogens is 2. The molecule has 2 unspecified atom stereocenters. The van der Waals surface area contributed by atoms with Crippen LogP contribution in [-0.2, 0) is 24.1 Å². The monoisotopic (exact) mass is 516 g/mol. The number of para-hydroxylation sites is 1. The average Bonchev–Trinajstić information content (AvgIpc) is 3.39. The number of ether oxygens (including phenoxy) is 1. The van der Waals surface area contributed by atoms with E-state index >= 15 is 0 Å². The van der Waals surface area contributed by atoms with Gasteiger partial charge in [0, 0.05) is 68.9 Å². The molecule has 0 saturated carbocycles. The van der Waals surface area contributed by atoms with Gasteiger partial charge in [0.15, 0.2) is 0 Å². The van der Waals surface area contributed by atoms with Gasteiger partial charge >= 0.3 is 6.01 Å². The summed E-state index contributed by atoms with van der Waals surface area (Å²) in [6, 6.07) is 9.83. The van der Waals surface area contributed by atoms with Gasteiger partial charge in [-0.15, -0.1) is 0 Å². The zero-order valence-electron chi connectivity index (χ0n) is 22.6. The number of hydrogen-bond donors (Lipinski definition) is 0. The van der Waals surface area contributed by atoms with Crippen LogP contribution in [0, 0.1) is 5.92 Å². The molecule has 4 aliphatic rings. The van der Waals surface area contributed by atoms with Gasteiger partial charge in [0.25, 0.3) is 0 Å². The fourth-order valence-corrected chi connectivity index (χ4v) is 6.71. The van der Waals surface area contributed by atoms with E-state index in [9.17, 15) is 4.79 Å². The van der Waals surface area contributed by atoms with Gasteiger partial charge in [0.05, 0.1) is 12.3 Å². The third-order valence-electron chi connectivity index (χ3n) is 8.80. The summed E-state index contributed by atoms with van der Waals surface area (Å²) < 4.78 is 6.28. The molecule has 2 saturated heterocycles. The molecule has 1 aliphatic carbocycles. The summed E-state index contributed by atoms with van der Waals surface area (Å²) in [5, 5.41) is 0. The lowest BCUT2D eigenvalue weighted by Gasteiger charge is -2.41. The SMILES string of the molecule is C=CC(=O)N1CCN(c2nc(OCC3CCN(C)C3)nc3c2CCC(N2CCCc4ccccc42)C3)CC1. The normalized spacial score (nSPS) is 23.7. The van der Waals surface area contributed by atoms with Crippen LogP contribution in [0.4, 0.5) is 11.5 Å². The maximum absolute atomic E-state index is 12.1. The van der Waals surface area contributed by atoms with Crippen molar-refractivity contribution in [2.75, 3.05) is 69.3 Å². The molecule has 2 fully saturated rings. The minimum absolute atomic E-state index is 0.00424. The molecule has 1 amide bonds. The van der Waals surface area contributed by atoms with Crippen molar-refractivity contribution >= 4 is 17.4 Å². The van der Waals surface area contributed by atoms with Crippen LogP contribution in [-0.4, -0.2) is 91.2 Å². The van der Waals surface area contributed by atoms with E-state index in [1.54, 1.807) is 0 Å². The number of carbonyl (C=O) groups is 1. The Hall–Kier alpha value is -3.13. The van der Waals surface area contributed by atoms with Crippen LogP contribution in [0.25, 0.3) is 0 Å². The Morgan fingerprint density at radius 3 is 2.71 bits per heavy atom. The fourth-order valence-electron chi connectivity index (χ4n) is 6.71. The summed E-state index contributed by atoms with van der Waals surface area (Å²) in [7, 11) is 2.17.